The number of aliphatic imine (C=N–C) groups is 1. The number of hydrogen-bond acceptors (Lipinski definition) is 2. The number of aromatic nitrogens is 1. The summed E-state index contributed by atoms with van der Waals surface area (Å²) in [6, 6.07) is 35.8. The molecule has 4 heteroatoms. The van der Waals surface area contributed by atoms with Crippen molar-refractivity contribution in [3.05, 3.63) is 150 Å². The maximum absolute atomic E-state index is 5.03. The highest BCUT2D eigenvalue weighted by molar-refractivity contribution is 6.08. The van der Waals surface area contributed by atoms with Gasteiger partial charge in [0.2, 0.25) is 0 Å². The van der Waals surface area contributed by atoms with E-state index < -0.39 is 0 Å². The molecule has 0 saturated carbocycles. The summed E-state index contributed by atoms with van der Waals surface area (Å²) in [5.74, 6) is 0.918. The Morgan fingerprint density at radius 2 is 1.55 bits per heavy atom. The lowest BCUT2D eigenvalue weighted by Crippen LogP contribution is -2.16. The Morgan fingerprint density at radius 3 is 2.34 bits per heavy atom. The fourth-order valence-corrected chi connectivity index (χ4v) is 4.91. The lowest BCUT2D eigenvalue weighted by atomic mass is 10.0. The third-order valence-electron chi connectivity index (χ3n) is 6.80. The van der Waals surface area contributed by atoms with Crippen molar-refractivity contribution in [2.24, 2.45) is 4.99 Å². The summed E-state index contributed by atoms with van der Waals surface area (Å²) in [5, 5.41) is 4.58. The van der Waals surface area contributed by atoms with Gasteiger partial charge in [-0.15, -0.1) is 0 Å². The summed E-state index contributed by atoms with van der Waals surface area (Å²) in [5.41, 5.74) is 11.3. The van der Waals surface area contributed by atoms with E-state index in [0.717, 1.165) is 39.1 Å². The number of amidine groups is 1. The molecule has 0 aliphatic carbocycles. The van der Waals surface area contributed by atoms with Crippen molar-refractivity contribution in [1.82, 2.24) is 15.4 Å². The molecule has 1 fully saturated rings. The van der Waals surface area contributed by atoms with Gasteiger partial charge in [0.1, 0.15) is 12.0 Å². The summed E-state index contributed by atoms with van der Waals surface area (Å²) in [4.78, 5) is 8.54. The quantitative estimate of drug-likeness (QED) is 0.105. The van der Waals surface area contributed by atoms with Gasteiger partial charge in [-0.05, 0) is 53.5 Å². The smallest absolute Gasteiger partial charge is 0.147 e. The van der Waals surface area contributed by atoms with Crippen LogP contribution in [0.2, 0.25) is 0 Å². The van der Waals surface area contributed by atoms with Gasteiger partial charge < -0.3 is 4.98 Å². The first-order chi connectivity index (χ1) is 18.7. The second-order valence-electron chi connectivity index (χ2n) is 9.51. The van der Waals surface area contributed by atoms with Gasteiger partial charge in [-0.2, -0.15) is 0 Å². The summed E-state index contributed by atoms with van der Waals surface area (Å²) in [6.07, 6.45) is 6.48. The normalized spacial score (nSPS) is 16.0. The minimum absolute atomic E-state index is 0.125. The summed E-state index contributed by atoms with van der Waals surface area (Å²) >= 11 is 0. The highest BCUT2D eigenvalue weighted by atomic mass is 15.8. The van der Waals surface area contributed by atoms with Crippen molar-refractivity contribution in [1.29, 1.82) is 0 Å². The van der Waals surface area contributed by atoms with Crippen LogP contribution in [0.15, 0.2) is 139 Å². The Labute approximate surface area is 223 Å². The standard InChI is InChI=1S/C34H30N4/c1-3-12-27(28-19-20-32-30(22-28)29-17-10-11-18-31(29)36-32)21-24(2)23-35-33(25-13-6-4-7-14-25)38-34(37-38)26-15-8-5-9-16-26/h3-22,34,36-37H,2,23H2,1H3/b12-3-,27-21+,35-33?. The van der Waals surface area contributed by atoms with Crippen LogP contribution in [0.4, 0.5) is 0 Å². The molecule has 0 amide bonds. The first kappa shape index (κ1) is 23.7. The predicted molar refractivity (Wildman–Crippen MR) is 160 cm³/mol. The van der Waals surface area contributed by atoms with Gasteiger partial charge in [-0.1, -0.05) is 104 Å². The van der Waals surface area contributed by atoms with E-state index in [0.29, 0.717) is 6.54 Å². The fraction of sp³-hybridized carbons (Fsp3) is 0.0882. The monoisotopic (exact) mass is 494 g/mol. The lowest BCUT2D eigenvalue weighted by Gasteiger charge is -2.10. The van der Waals surface area contributed by atoms with E-state index in [-0.39, 0.29) is 6.17 Å². The van der Waals surface area contributed by atoms with Crippen LogP contribution in [0.25, 0.3) is 27.4 Å². The predicted octanol–water partition coefficient (Wildman–Crippen LogP) is 7.80. The number of hydrazine groups is 1. The zero-order chi connectivity index (χ0) is 25.9. The van der Waals surface area contributed by atoms with Crippen LogP contribution in [0, 0.1) is 0 Å². The van der Waals surface area contributed by atoms with E-state index >= 15 is 0 Å². The van der Waals surface area contributed by atoms with Gasteiger partial charge in [-0.25, -0.2) is 5.43 Å². The molecule has 186 valence electrons. The zero-order valence-corrected chi connectivity index (χ0v) is 21.4. The summed E-state index contributed by atoms with van der Waals surface area (Å²) < 4.78 is 0. The topological polar surface area (TPSA) is 53.1 Å². The molecule has 0 spiro atoms. The molecule has 4 nitrogen and oxygen atoms in total. The molecule has 1 aromatic heterocycles. The summed E-state index contributed by atoms with van der Waals surface area (Å²) in [6.45, 7) is 6.91. The fourth-order valence-electron chi connectivity index (χ4n) is 4.91. The molecule has 1 aliphatic rings. The van der Waals surface area contributed by atoms with Gasteiger partial charge in [0, 0.05) is 27.4 Å². The largest absolute Gasteiger partial charge is 0.355 e. The molecule has 4 aromatic carbocycles. The number of nitrogens with one attached hydrogen (secondary N) is 2. The number of nitrogens with zero attached hydrogens (tertiary/aromatic N) is 2. The zero-order valence-electron chi connectivity index (χ0n) is 21.4. The molecule has 2 N–H and O–H groups in total. The van der Waals surface area contributed by atoms with Crippen molar-refractivity contribution in [3.8, 4) is 0 Å². The molecule has 1 saturated heterocycles. The molecule has 2 heterocycles. The third kappa shape index (κ3) is 4.82. The van der Waals surface area contributed by atoms with Crippen LogP contribution in [-0.2, 0) is 0 Å². The highest BCUT2D eigenvalue weighted by Gasteiger charge is 2.38. The number of H-pyrrole nitrogens is 1. The molecule has 1 unspecified atom stereocenters. The lowest BCUT2D eigenvalue weighted by molar-refractivity contribution is 0.720. The number of rotatable bonds is 7. The van der Waals surface area contributed by atoms with E-state index in [9.17, 15) is 0 Å². The molecule has 1 aliphatic heterocycles. The van der Waals surface area contributed by atoms with Crippen LogP contribution < -0.4 is 5.43 Å². The van der Waals surface area contributed by atoms with Crippen LogP contribution >= 0.6 is 0 Å². The van der Waals surface area contributed by atoms with Crippen LogP contribution in [-0.4, -0.2) is 22.4 Å². The maximum Gasteiger partial charge on any atom is 0.147 e. The first-order valence-corrected chi connectivity index (χ1v) is 12.9. The van der Waals surface area contributed by atoms with Gasteiger partial charge in [0.05, 0.1) is 6.54 Å². The molecule has 0 bridgehead atoms. The highest BCUT2D eigenvalue weighted by Crippen LogP contribution is 2.31. The van der Waals surface area contributed by atoms with Crippen LogP contribution in [0.3, 0.4) is 0 Å². The van der Waals surface area contributed by atoms with Crippen LogP contribution in [0.1, 0.15) is 29.8 Å². The Kier molecular flexibility index (Phi) is 6.47. The van der Waals surface area contributed by atoms with Gasteiger partial charge in [-0.3, -0.25) is 10.0 Å². The van der Waals surface area contributed by atoms with Crippen molar-refractivity contribution in [2.75, 3.05) is 6.54 Å². The Bertz CT molecular complexity index is 1690. The SMILES string of the molecule is C=C(/C=C(\C=C/C)c1ccc2[nH]c3ccccc3c2c1)CN=C(c1ccccc1)N1NC1c1ccccc1. The number of allylic oxidation sites excluding steroid dienone is 3. The molecule has 38 heavy (non-hydrogen) atoms. The van der Waals surface area contributed by atoms with E-state index in [2.05, 4.69) is 119 Å². The number of para-hydroxylation sites is 1. The molecular formula is C34H30N4. The third-order valence-corrected chi connectivity index (χ3v) is 6.80. The van der Waals surface area contributed by atoms with E-state index in [1.165, 1.54) is 16.3 Å². The average Bonchev–Trinajstić information content (AvgIpc) is 3.66. The second-order valence-corrected chi connectivity index (χ2v) is 9.51. The maximum atomic E-state index is 5.03. The molecular weight excluding hydrogens is 464 g/mol. The number of hydrogen-bond donors (Lipinski definition) is 2. The van der Waals surface area contributed by atoms with E-state index in [4.69, 9.17) is 4.99 Å². The number of aromatic amines is 1. The van der Waals surface area contributed by atoms with E-state index in [1.807, 2.05) is 31.2 Å². The van der Waals surface area contributed by atoms with Crippen molar-refractivity contribution >= 4 is 33.2 Å². The average molecular weight is 495 g/mol. The Hall–Kier alpha value is -4.67. The van der Waals surface area contributed by atoms with Crippen LogP contribution in [0.5, 0.6) is 0 Å². The minimum atomic E-state index is 0.125. The van der Waals surface area contributed by atoms with Gasteiger partial charge in [0.15, 0.2) is 0 Å². The second kappa shape index (κ2) is 10.4. The van der Waals surface area contributed by atoms with Crippen molar-refractivity contribution in [3.63, 3.8) is 0 Å². The first-order valence-electron chi connectivity index (χ1n) is 12.9. The summed E-state index contributed by atoms with van der Waals surface area (Å²) in [7, 11) is 0. The molecule has 1 atom stereocenters. The number of fused-ring (bicyclic) bond motifs is 3. The minimum Gasteiger partial charge on any atom is -0.355 e. The molecule has 0 radical (unpaired) electrons. The van der Waals surface area contributed by atoms with Gasteiger partial charge in [0.25, 0.3) is 0 Å². The van der Waals surface area contributed by atoms with Crippen molar-refractivity contribution in [2.45, 2.75) is 13.1 Å². The number of benzene rings is 4. The molecule has 6 rings (SSSR count). The molecule has 5 aromatic rings. The van der Waals surface area contributed by atoms with E-state index in [1.54, 1.807) is 0 Å². The Balaban J connectivity index is 1.29. The Morgan fingerprint density at radius 1 is 0.842 bits per heavy atom. The van der Waals surface area contributed by atoms with Gasteiger partial charge >= 0.3 is 0 Å². The van der Waals surface area contributed by atoms with Crippen molar-refractivity contribution < 1.29 is 0 Å².